The molecule has 0 amide bonds. The van der Waals surface area contributed by atoms with Gasteiger partial charge in [0.05, 0.1) is 18.4 Å². The number of alkyl halides is 3. The fourth-order valence-electron chi connectivity index (χ4n) is 2.28. The molecule has 9 heteroatoms. The molecule has 2 aromatic heterocycles. The lowest BCUT2D eigenvalue weighted by atomic mass is 10.1. The zero-order valence-corrected chi connectivity index (χ0v) is 11.2. The summed E-state index contributed by atoms with van der Waals surface area (Å²) in [4.78, 5) is 5.13. The molecular weight excluding hydrogens is 291 g/mol. The maximum absolute atomic E-state index is 12.5. The first-order valence-corrected chi connectivity index (χ1v) is 6.99. The molecule has 20 heavy (non-hydrogen) atoms. The molecule has 1 saturated heterocycles. The quantitative estimate of drug-likeness (QED) is 0.855. The molecule has 1 aliphatic rings. The molecule has 0 aromatic carbocycles. The molecular formula is C11H12F3N5S. The van der Waals surface area contributed by atoms with Gasteiger partial charge in [0.15, 0.2) is 5.13 Å². The largest absolute Gasteiger partial charge is 0.427 e. The predicted molar refractivity (Wildman–Crippen MR) is 67.6 cm³/mol. The van der Waals surface area contributed by atoms with E-state index in [1.54, 1.807) is 10.9 Å². The van der Waals surface area contributed by atoms with Gasteiger partial charge in [0.1, 0.15) is 4.88 Å². The van der Waals surface area contributed by atoms with E-state index in [0.29, 0.717) is 29.6 Å². The summed E-state index contributed by atoms with van der Waals surface area (Å²) in [6, 6.07) is 0.260. The topological polar surface area (TPSA) is 46.8 Å². The molecule has 1 fully saturated rings. The van der Waals surface area contributed by atoms with E-state index in [2.05, 4.69) is 15.3 Å². The van der Waals surface area contributed by atoms with Crippen LogP contribution in [0.5, 0.6) is 0 Å². The van der Waals surface area contributed by atoms with Crippen LogP contribution in [0.3, 0.4) is 0 Å². The Balaban J connectivity index is 1.65. The molecule has 0 saturated carbocycles. The SMILES string of the molecule is FC(F)(F)c1cnc(N2CCC(n3ccnn3)CC2)s1. The van der Waals surface area contributed by atoms with Crippen LogP contribution in [0.4, 0.5) is 18.3 Å². The average Bonchev–Trinajstić information content (AvgIpc) is 3.10. The highest BCUT2D eigenvalue weighted by molar-refractivity contribution is 7.15. The molecule has 1 aliphatic heterocycles. The molecule has 0 radical (unpaired) electrons. The highest BCUT2D eigenvalue weighted by Crippen LogP contribution is 2.37. The zero-order valence-electron chi connectivity index (χ0n) is 10.4. The van der Waals surface area contributed by atoms with Crippen LogP contribution in [-0.2, 0) is 6.18 Å². The average molecular weight is 303 g/mol. The third-order valence-electron chi connectivity index (χ3n) is 3.32. The number of rotatable bonds is 2. The van der Waals surface area contributed by atoms with Gasteiger partial charge in [-0.2, -0.15) is 13.2 Å². The van der Waals surface area contributed by atoms with E-state index in [0.717, 1.165) is 19.0 Å². The van der Waals surface area contributed by atoms with E-state index in [4.69, 9.17) is 0 Å². The second kappa shape index (κ2) is 5.04. The molecule has 0 N–H and O–H groups in total. The molecule has 108 valence electrons. The van der Waals surface area contributed by atoms with Crippen molar-refractivity contribution in [3.63, 3.8) is 0 Å². The Morgan fingerprint density at radius 3 is 2.55 bits per heavy atom. The number of piperidine rings is 1. The van der Waals surface area contributed by atoms with Crippen molar-refractivity contribution >= 4 is 16.5 Å². The third kappa shape index (κ3) is 2.62. The Morgan fingerprint density at radius 2 is 2.00 bits per heavy atom. The van der Waals surface area contributed by atoms with Crippen molar-refractivity contribution in [2.75, 3.05) is 18.0 Å². The number of nitrogens with zero attached hydrogens (tertiary/aromatic N) is 5. The summed E-state index contributed by atoms with van der Waals surface area (Å²) in [6.45, 7) is 1.35. The summed E-state index contributed by atoms with van der Waals surface area (Å²) in [5.41, 5.74) is 0. The van der Waals surface area contributed by atoms with Crippen LogP contribution >= 0.6 is 11.3 Å². The van der Waals surface area contributed by atoms with Crippen LogP contribution < -0.4 is 4.90 Å². The van der Waals surface area contributed by atoms with Gasteiger partial charge in [-0.25, -0.2) is 9.67 Å². The van der Waals surface area contributed by atoms with Gasteiger partial charge < -0.3 is 4.90 Å². The number of hydrogen-bond acceptors (Lipinski definition) is 5. The van der Waals surface area contributed by atoms with Crippen molar-refractivity contribution in [1.82, 2.24) is 20.0 Å². The van der Waals surface area contributed by atoms with E-state index in [-0.39, 0.29) is 6.04 Å². The van der Waals surface area contributed by atoms with E-state index < -0.39 is 11.1 Å². The monoisotopic (exact) mass is 303 g/mol. The summed E-state index contributed by atoms with van der Waals surface area (Å²) in [5.74, 6) is 0. The minimum Gasteiger partial charge on any atom is -0.348 e. The summed E-state index contributed by atoms with van der Waals surface area (Å²) in [5, 5.41) is 8.17. The van der Waals surface area contributed by atoms with Gasteiger partial charge in [-0.1, -0.05) is 16.6 Å². The van der Waals surface area contributed by atoms with Crippen LogP contribution in [-0.4, -0.2) is 33.1 Å². The van der Waals surface area contributed by atoms with Crippen LogP contribution in [0.2, 0.25) is 0 Å². The van der Waals surface area contributed by atoms with Gasteiger partial charge in [0.2, 0.25) is 0 Å². The summed E-state index contributed by atoms with van der Waals surface area (Å²) < 4.78 is 39.5. The first kappa shape index (κ1) is 13.3. The Kier molecular flexibility index (Phi) is 3.36. The minimum absolute atomic E-state index is 0.260. The van der Waals surface area contributed by atoms with Crippen LogP contribution in [0.1, 0.15) is 23.8 Å². The molecule has 0 spiro atoms. The summed E-state index contributed by atoms with van der Waals surface area (Å²) in [7, 11) is 0. The van der Waals surface area contributed by atoms with Crippen molar-refractivity contribution in [2.24, 2.45) is 0 Å². The smallest absolute Gasteiger partial charge is 0.348 e. The fraction of sp³-hybridized carbons (Fsp3) is 0.545. The van der Waals surface area contributed by atoms with Crippen molar-refractivity contribution in [3.8, 4) is 0 Å². The minimum atomic E-state index is -4.31. The third-order valence-corrected chi connectivity index (χ3v) is 4.43. The number of thiazole rings is 1. The maximum Gasteiger partial charge on any atom is 0.427 e. The second-order valence-electron chi connectivity index (χ2n) is 4.61. The predicted octanol–water partition coefficient (Wildman–Crippen LogP) is 2.59. The first-order chi connectivity index (χ1) is 9.54. The van der Waals surface area contributed by atoms with E-state index in [1.807, 2.05) is 11.1 Å². The van der Waals surface area contributed by atoms with E-state index in [1.165, 1.54) is 0 Å². The van der Waals surface area contributed by atoms with Gasteiger partial charge >= 0.3 is 6.18 Å². The fourth-order valence-corrected chi connectivity index (χ4v) is 3.11. The normalized spacial score (nSPS) is 17.6. The molecule has 0 atom stereocenters. The van der Waals surface area contributed by atoms with Gasteiger partial charge in [-0.15, -0.1) is 5.10 Å². The lowest BCUT2D eigenvalue weighted by Gasteiger charge is -2.31. The standard InChI is InChI=1S/C11H12F3N5S/c12-11(13,14)9-7-15-10(20-9)18-4-1-8(2-5-18)19-6-3-16-17-19/h3,6-8H,1-2,4-5H2. The zero-order chi connectivity index (χ0) is 14.2. The van der Waals surface area contributed by atoms with Gasteiger partial charge in [-0.3, -0.25) is 0 Å². The molecule has 5 nitrogen and oxygen atoms in total. The van der Waals surface area contributed by atoms with Gasteiger partial charge in [-0.05, 0) is 12.8 Å². The Labute approximate surface area is 117 Å². The highest BCUT2D eigenvalue weighted by atomic mass is 32.1. The Morgan fingerprint density at radius 1 is 1.25 bits per heavy atom. The lowest BCUT2D eigenvalue weighted by molar-refractivity contribution is -0.134. The van der Waals surface area contributed by atoms with Crippen molar-refractivity contribution in [2.45, 2.75) is 25.1 Å². The summed E-state index contributed by atoms with van der Waals surface area (Å²) in [6.07, 6.45) is 1.68. The van der Waals surface area contributed by atoms with Crippen molar-refractivity contribution in [1.29, 1.82) is 0 Å². The van der Waals surface area contributed by atoms with Crippen molar-refractivity contribution < 1.29 is 13.2 Å². The Hall–Kier alpha value is -1.64. The number of aromatic nitrogens is 4. The molecule has 3 heterocycles. The summed E-state index contributed by atoms with van der Waals surface area (Å²) >= 11 is 0.700. The van der Waals surface area contributed by atoms with Crippen molar-refractivity contribution in [3.05, 3.63) is 23.5 Å². The molecule has 0 bridgehead atoms. The first-order valence-electron chi connectivity index (χ1n) is 6.18. The molecule has 0 unspecified atom stereocenters. The molecule has 3 rings (SSSR count). The van der Waals surface area contributed by atoms with Crippen LogP contribution in [0.15, 0.2) is 18.6 Å². The van der Waals surface area contributed by atoms with Gasteiger partial charge in [0, 0.05) is 19.3 Å². The maximum atomic E-state index is 12.5. The second-order valence-corrected chi connectivity index (χ2v) is 5.62. The molecule has 0 aliphatic carbocycles. The lowest BCUT2D eigenvalue weighted by Crippen LogP contribution is -2.34. The number of anilines is 1. The van der Waals surface area contributed by atoms with E-state index in [9.17, 15) is 13.2 Å². The van der Waals surface area contributed by atoms with Crippen LogP contribution in [0.25, 0.3) is 0 Å². The van der Waals surface area contributed by atoms with Crippen LogP contribution in [0, 0.1) is 0 Å². The highest BCUT2D eigenvalue weighted by Gasteiger charge is 2.34. The number of halogens is 3. The van der Waals surface area contributed by atoms with E-state index >= 15 is 0 Å². The van der Waals surface area contributed by atoms with Gasteiger partial charge in [0.25, 0.3) is 0 Å². The Bertz CT molecular complexity index is 557. The molecule has 2 aromatic rings. The number of hydrogen-bond donors (Lipinski definition) is 0.